The molecule has 1 saturated carbocycles. The molecule has 2 fully saturated rings. The van der Waals surface area contributed by atoms with Gasteiger partial charge in [-0.3, -0.25) is 14.5 Å². The fourth-order valence-corrected chi connectivity index (χ4v) is 3.68. The van der Waals surface area contributed by atoms with Gasteiger partial charge >= 0.3 is 0 Å². The van der Waals surface area contributed by atoms with Gasteiger partial charge in [-0.1, -0.05) is 11.6 Å². The van der Waals surface area contributed by atoms with Crippen molar-refractivity contribution in [2.24, 2.45) is 0 Å². The topological polar surface area (TPSA) is 61.9 Å². The lowest BCUT2D eigenvalue weighted by Crippen LogP contribution is -2.55. The molecule has 3 aliphatic rings. The zero-order chi connectivity index (χ0) is 19.0. The maximum Gasteiger partial charge on any atom is 0.253 e. The smallest absolute Gasteiger partial charge is 0.253 e. The van der Waals surface area contributed by atoms with E-state index in [1.54, 1.807) is 12.1 Å². The van der Waals surface area contributed by atoms with E-state index in [1.165, 1.54) is 0 Å². The SMILES string of the molecule is CC(C(=O)NC1CC1)N1CCN(C(=O)C2=Cc3cc(Cl)ccc3OC2)CC1. The molecule has 4 rings (SSSR count). The molecule has 1 unspecified atom stereocenters. The van der Waals surface area contributed by atoms with E-state index in [0.29, 0.717) is 42.8 Å². The first-order valence-electron chi connectivity index (χ1n) is 9.48. The largest absolute Gasteiger partial charge is 0.488 e. The molecule has 27 heavy (non-hydrogen) atoms. The van der Waals surface area contributed by atoms with Gasteiger partial charge in [-0.15, -0.1) is 0 Å². The Hall–Kier alpha value is -2.05. The third-order valence-corrected chi connectivity index (χ3v) is 5.65. The van der Waals surface area contributed by atoms with Crippen LogP contribution in [0.3, 0.4) is 0 Å². The molecule has 2 aliphatic heterocycles. The predicted molar refractivity (Wildman–Crippen MR) is 104 cm³/mol. The lowest BCUT2D eigenvalue weighted by atomic mass is 10.1. The minimum absolute atomic E-state index is 0.00430. The van der Waals surface area contributed by atoms with Gasteiger partial charge in [0.25, 0.3) is 5.91 Å². The van der Waals surface area contributed by atoms with E-state index in [-0.39, 0.29) is 24.5 Å². The summed E-state index contributed by atoms with van der Waals surface area (Å²) in [6.45, 7) is 4.82. The minimum Gasteiger partial charge on any atom is -0.488 e. The second-order valence-electron chi connectivity index (χ2n) is 7.43. The average Bonchev–Trinajstić information content (AvgIpc) is 3.50. The number of fused-ring (bicyclic) bond motifs is 1. The Morgan fingerprint density at radius 1 is 1.22 bits per heavy atom. The average molecular weight is 390 g/mol. The van der Waals surface area contributed by atoms with E-state index in [0.717, 1.165) is 24.2 Å². The zero-order valence-electron chi connectivity index (χ0n) is 15.4. The van der Waals surface area contributed by atoms with Gasteiger partial charge in [-0.05, 0) is 44.0 Å². The van der Waals surface area contributed by atoms with E-state index < -0.39 is 0 Å². The molecule has 1 saturated heterocycles. The molecule has 0 spiro atoms. The summed E-state index contributed by atoms with van der Waals surface area (Å²) in [5, 5.41) is 3.67. The number of hydrogen-bond donors (Lipinski definition) is 1. The Kier molecular flexibility index (Phi) is 5.10. The van der Waals surface area contributed by atoms with Crippen LogP contribution in [-0.2, 0) is 9.59 Å². The summed E-state index contributed by atoms with van der Waals surface area (Å²) in [6, 6.07) is 5.62. The molecule has 6 nitrogen and oxygen atoms in total. The zero-order valence-corrected chi connectivity index (χ0v) is 16.2. The van der Waals surface area contributed by atoms with Crippen LogP contribution in [0.4, 0.5) is 0 Å². The summed E-state index contributed by atoms with van der Waals surface area (Å²) in [5.41, 5.74) is 1.47. The molecular weight excluding hydrogens is 366 g/mol. The number of benzene rings is 1. The van der Waals surface area contributed by atoms with Crippen molar-refractivity contribution in [2.75, 3.05) is 32.8 Å². The maximum absolute atomic E-state index is 12.9. The molecule has 0 bridgehead atoms. The Bertz CT molecular complexity index is 783. The Morgan fingerprint density at radius 3 is 2.67 bits per heavy atom. The monoisotopic (exact) mass is 389 g/mol. The van der Waals surface area contributed by atoms with E-state index in [1.807, 2.05) is 24.0 Å². The van der Waals surface area contributed by atoms with E-state index >= 15 is 0 Å². The number of nitrogens with zero attached hydrogens (tertiary/aromatic N) is 2. The molecule has 1 atom stereocenters. The van der Waals surface area contributed by atoms with Crippen LogP contribution >= 0.6 is 11.6 Å². The van der Waals surface area contributed by atoms with Crippen molar-refractivity contribution in [3.63, 3.8) is 0 Å². The van der Waals surface area contributed by atoms with Crippen molar-refractivity contribution in [2.45, 2.75) is 31.8 Å². The van der Waals surface area contributed by atoms with Crippen molar-refractivity contribution in [3.8, 4) is 5.75 Å². The normalized spacial score (nSPS) is 21.0. The van der Waals surface area contributed by atoms with Gasteiger partial charge in [0.15, 0.2) is 0 Å². The lowest BCUT2D eigenvalue weighted by Gasteiger charge is -2.38. The quantitative estimate of drug-likeness (QED) is 0.854. The van der Waals surface area contributed by atoms with Crippen molar-refractivity contribution in [3.05, 3.63) is 34.4 Å². The molecule has 2 amide bonds. The van der Waals surface area contributed by atoms with E-state index in [4.69, 9.17) is 16.3 Å². The maximum atomic E-state index is 12.9. The van der Waals surface area contributed by atoms with Crippen LogP contribution in [0.2, 0.25) is 5.02 Å². The van der Waals surface area contributed by atoms with Crippen LogP contribution in [0.1, 0.15) is 25.3 Å². The molecule has 1 aromatic rings. The number of piperazine rings is 1. The van der Waals surface area contributed by atoms with Crippen molar-refractivity contribution >= 4 is 29.5 Å². The molecule has 1 aliphatic carbocycles. The summed E-state index contributed by atoms with van der Waals surface area (Å²) >= 11 is 6.04. The summed E-state index contributed by atoms with van der Waals surface area (Å²) < 4.78 is 5.70. The highest BCUT2D eigenvalue weighted by Gasteiger charge is 2.31. The van der Waals surface area contributed by atoms with Crippen LogP contribution < -0.4 is 10.1 Å². The first kappa shape index (κ1) is 18.3. The lowest BCUT2D eigenvalue weighted by molar-refractivity contribution is -0.131. The van der Waals surface area contributed by atoms with Crippen LogP contribution in [0.5, 0.6) is 5.75 Å². The summed E-state index contributed by atoms with van der Waals surface area (Å²) in [5.74, 6) is 0.834. The molecule has 0 radical (unpaired) electrons. The number of rotatable bonds is 4. The van der Waals surface area contributed by atoms with Gasteiger partial charge < -0.3 is 15.0 Å². The second kappa shape index (κ2) is 7.52. The fraction of sp³-hybridized carbons (Fsp3) is 0.500. The van der Waals surface area contributed by atoms with Crippen molar-refractivity contribution in [1.82, 2.24) is 15.1 Å². The number of hydrogen-bond acceptors (Lipinski definition) is 4. The molecule has 1 aromatic carbocycles. The molecule has 144 valence electrons. The second-order valence-corrected chi connectivity index (χ2v) is 7.86. The molecule has 7 heteroatoms. The minimum atomic E-state index is -0.158. The van der Waals surface area contributed by atoms with Gasteiger partial charge in [0.1, 0.15) is 12.4 Å². The molecule has 0 aromatic heterocycles. The van der Waals surface area contributed by atoms with Crippen LogP contribution in [0.15, 0.2) is 23.8 Å². The third-order valence-electron chi connectivity index (χ3n) is 5.41. The third kappa shape index (κ3) is 4.12. The number of amides is 2. The van der Waals surface area contributed by atoms with Gasteiger partial charge in [-0.25, -0.2) is 0 Å². The number of ether oxygens (including phenoxy) is 1. The van der Waals surface area contributed by atoms with Crippen LogP contribution in [0.25, 0.3) is 6.08 Å². The van der Waals surface area contributed by atoms with Gasteiger partial charge in [-0.2, -0.15) is 0 Å². The van der Waals surface area contributed by atoms with Gasteiger partial charge in [0.2, 0.25) is 5.91 Å². The highest BCUT2D eigenvalue weighted by molar-refractivity contribution is 6.30. The number of halogens is 1. The van der Waals surface area contributed by atoms with Crippen molar-refractivity contribution < 1.29 is 14.3 Å². The summed E-state index contributed by atoms with van der Waals surface area (Å²) in [6.07, 6.45) is 4.05. The fourth-order valence-electron chi connectivity index (χ4n) is 3.50. The van der Waals surface area contributed by atoms with E-state index in [2.05, 4.69) is 10.2 Å². The Labute approximate surface area is 164 Å². The highest BCUT2D eigenvalue weighted by atomic mass is 35.5. The van der Waals surface area contributed by atoms with Gasteiger partial charge in [0.05, 0.1) is 11.6 Å². The number of carbonyl (C=O) groups excluding carboxylic acids is 2. The van der Waals surface area contributed by atoms with Crippen LogP contribution in [-0.4, -0.2) is 66.5 Å². The predicted octanol–water partition coefficient (Wildman–Crippen LogP) is 1.93. The standard InChI is InChI=1S/C20H24ClN3O3/c1-13(19(25)22-17-3-4-17)23-6-8-24(9-7-23)20(26)15-10-14-11-16(21)2-5-18(14)27-12-15/h2,5,10-11,13,17H,3-4,6-9,12H2,1H3,(H,22,25). The van der Waals surface area contributed by atoms with Gasteiger partial charge in [0, 0.05) is 42.8 Å². The Balaban J connectivity index is 1.35. The first-order valence-corrected chi connectivity index (χ1v) is 9.85. The Morgan fingerprint density at radius 2 is 1.96 bits per heavy atom. The first-order chi connectivity index (χ1) is 13.0. The molecular formula is C20H24ClN3O3. The number of nitrogens with one attached hydrogen (secondary N) is 1. The summed E-state index contributed by atoms with van der Waals surface area (Å²) in [7, 11) is 0. The molecule has 1 N–H and O–H groups in total. The van der Waals surface area contributed by atoms with Crippen LogP contribution in [0, 0.1) is 0 Å². The summed E-state index contributed by atoms with van der Waals surface area (Å²) in [4.78, 5) is 29.1. The number of carbonyl (C=O) groups is 2. The van der Waals surface area contributed by atoms with E-state index in [9.17, 15) is 9.59 Å². The highest BCUT2D eigenvalue weighted by Crippen LogP contribution is 2.29. The van der Waals surface area contributed by atoms with Crippen molar-refractivity contribution in [1.29, 1.82) is 0 Å². The molecule has 2 heterocycles.